The van der Waals surface area contributed by atoms with Crippen molar-refractivity contribution in [3.63, 3.8) is 0 Å². The lowest BCUT2D eigenvalue weighted by atomic mass is 9.79. The minimum absolute atomic E-state index is 0.0114. The van der Waals surface area contributed by atoms with E-state index in [0.29, 0.717) is 6.61 Å². The van der Waals surface area contributed by atoms with Gasteiger partial charge in [0.15, 0.2) is 0 Å². The van der Waals surface area contributed by atoms with Crippen LogP contribution in [0.3, 0.4) is 0 Å². The van der Waals surface area contributed by atoms with Crippen LogP contribution in [0.2, 0.25) is 19.6 Å². The SMILES string of the molecule is C=CCOc1cc(C(C)(C)C)c(O[Si](C)(C)C)c(C(C)(C)C)c1. The van der Waals surface area contributed by atoms with Crippen LogP contribution in [0.15, 0.2) is 24.8 Å². The molecule has 0 saturated heterocycles. The van der Waals surface area contributed by atoms with E-state index in [1.54, 1.807) is 6.08 Å². The van der Waals surface area contributed by atoms with Crippen LogP contribution < -0.4 is 9.16 Å². The highest BCUT2D eigenvalue weighted by Crippen LogP contribution is 2.43. The molecule has 0 aromatic heterocycles. The summed E-state index contributed by atoms with van der Waals surface area (Å²) in [4.78, 5) is 0. The average molecular weight is 335 g/mol. The fraction of sp³-hybridized carbons (Fsp3) is 0.600. The van der Waals surface area contributed by atoms with Crippen molar-refractivity contribution in [3.05, 3.63) is 35.9 Å². The van der Waals surface area contributed by atoms with Crippen LogP contribution in [-0.2, 0) is 10.8 Å². The Hall–Kier alpha value is -1.22. The van der Waals surface area contributed by atoms with Crippen LogP contribution in [-0.4, -0.2) is 14.9 Å². The Morgan fingerprint density at radius 1 is 0.957 bits per heavy atom. The van der Waals surface area contributed by atoms with Gasteiger partial charge in [0, 0.05) is 11.1 Å². The Balaban J connectivity index is 3.63. The van der Waals surface area contributed by atoms with Gasteiger partial charge in [-0.1, -0.05) is 54.2 Å². The molecule has 1 aromatic carbocycles. The van der Waals surface area contributed by atoms with Crippen molar-refractivity contribution in [1.29, 1.82) is 0 Å². The fourth-order valence-electron chi connectivity index (χ4n) is 2.37. The number of rotatable bonds is 5. The normalized spacial score (nSPS) is 12.9. The first-order valence-electron chi connectivity index (χ1n) is 8.37. The second-order valence-electron chi connectivity index (χ2n) is 9.16. The molecule has 23 heavy (non-hydrogen) atoms. The van der Waals surface area contributed by atoms with Gasteiger partial charge in [-0.15, -0.1) is 0 Å². The number of ether oxygens (including phenoxy) is 1. The standard InChI is InChI=1S/C20H34O2Si/c1-11-12-21-15-13-16(19(2,3)4)18(22-23(8,9)10)17(14-15)20(5,6)7/h11,13-14H,1,12H2,2-10H3. The van der Waals surface area contributed by atoms with E-state index in [4.69, 9.17) is 9.16 Å². The molecule has 0 aliphatic heterocycles. The summed E-state index contributed by atoms with van der Waals surface area (Å²) in [6.07, 6.45) is 1.78. The van der Waals surface area contributed by atoms with E-state index < -0.39 is 8.32 Å². The summed E-state index contributed by atoms with van der Waals surface area (Å²) in [5.74, 6) is 1.94. The molecule has 0 unspecified atom stereocenters. The Bertz CT molecular complexity index is 519. The quantitative estimate of drug-likeness (QED) is 0.481. The molecule has 0 fully saturated rings. The summed E-state index contributed by atoms with van der Waals surface area (Å²) in [5.41, 5.74) is 2.41. The van der Waals surface area contributed by atoms with Crippen molar-refractivity contribution < 1.29 is 9.16 Å². The van der Waals surface area contributed by atoms with Gasteiger partial charge in [-0.25, -0.2) is 0 Å². The fourth-order valence-corrected chi connectivity index (χ4v) is 3.20. The average Bonchev–Trinajstić information content (AvgIpc) is 2.32. The van der Waals surface area contributed by atoms with Crippen molar-refractivity contribution in [2.75, 3.05) is 6.61 Å². The highest BCUT2D eigenvalue weighted by atomic mass is 28.4. The molecule has 3 heteroatoms. The van der Waals surface area contributed by atoms with Gasteiger partial charge in [-0.3, -0.25) is 0 Å². The van der Waals surface area contributed by atoms with Crippen molar-refractivity contribution >= 4 is 8.32 Å². The van der Waals surface area contributed by atoms with Gasteiger partial charge >= 0.3 is 0 Å². The first-order chi connectivity index (χ1) is 10.3. The Kier molecular flexibility index (Phi) is 5.79. The molecule has 0 saturated carbocycles. The maximum atomic E-state index is 6.54. The summed E-state index contributed by atoms with van der Waals surface area (Å²) in [7, 11) is -1.72. The zero-order valence-electron chi connectivity index (χ0n) is 16.5. The maximum Gasteiger partial charge on any atom is 0.242 e. The number of hydrogen-bond acceptors (Lipinski definition) is 2. The summed E-state index contributed by atoms with van der Waals surface area (Å²) >= 11 is 0. The van der Waals surface area contributed by atoms with Crippen LogP contribution in [0.25, 0.3) is 0 Å². The molecule has 0 heterocycles. The van der Waals surface area contributed by atoms with Crippen LogP contribution in [0.1, 0.15) is 52.7 Å². The largest absolute Gasteiger partial charge is 0.544 e. The monoisotopic (exact) mass is 334 g/mol. The highest BCUT2D eigenvalue weighted by Gasteiger charge is 2.31. The number of benzene rings is 1. The van der Waals surface area contributed by atoms with Crippen LogP contribution in [0, 0.1) is 0 Å². The van der Waals surface area contributed by atoms with Gasteiger partial charge in [0.2, 0.25) is 8.32 Å². The first-order valence-corrected chi connectivity index (χ1v) is 11.8. The molecule has 0 amide bonds. The summed E-state index contributed by atoms with van der Waals surface area (Å²) < 4.78 is 12.4. The van der Waals surface area contributed by atoms with Gasteiger partial charge in [0.1, 0.15) is 18.1 Å². The Morgan fingerprint density at radius 2 is 1.39 bits per heavy atom. The molecule has 0 aliphatic rings. The zero-order valence-corrected chi connectivity index (χ0v) is 17.5. The molecule has 0 aliphatic carbocycles. The lowest BCUT2D eigenvalue weighted by Crippen LogP contribution is -2.32. The topological polar surface area (TPSA) is 18.5 Å². The van der Waals surface area contributed by atoms with Crippen LogP contribution in [0.5, 0.6) is 11.5 Å². The minimum Gasteiger partial charge on any atom is -0.544 e. The van der Waals surface area contributed by atoms with Crippen molar-refractivity contribution in [3.8, 4) is 11.5 Å². The molecular weight excluding hydrogens is 300 g/mol. The second-order valence-corrected chi connectivity index (χ2v) is 13.6. The Morgan fingerprint density at radius 3 is 1.70 bits per heavy atom. The van der Waals surface area contributed by atoms with Crippen molar-refractivity contribution in [1.82, 2.24) is 0 Å². The van der Waals surface area contributed by atoms with Gasteiger partial charge in [-0.05, 0) is 42.6 Å². The molecule has 2 nitrogen and oxygen atoms in total. The predicted molar refractivity (Wildman–Crippen MR) is 104 cm³/mol. The van der Waals surface area contributed by atoms with E-state index in [1.165, 1.54) is 11.1 Å². The lowest BCUT2D eigenvalue weighted by Gasteiger charge is -2.33. The summed E-state index contributed by atoms with van der Waals surface area (Å²) in [6.45, 7) is 24.3. The van der Waals surface area contributed by atoms with E-state index in [1.807, 2.05) is 0 Å². The van der Waals surface area contributed by atoms with E-state index in [0.717, 1.165) is 11.5 Å². The van der Waals surface area contributed by atoms with E-state index in [2.05, 4.69) is 79.9 Å². The zero-order chi connectivity index (χ0) is 18.1. The number of hydrogen-bond donors (Lipinski definition) is 0. The molecule has 0 radical (unpaired) electrons. The molecule has 0 atom stereocenters. The van der Waals surface area contributed by atoms with E-state index in [-0.39, 0.29) is 10.8 Å². The van der Waals surface area contributed by atoms with Crippen LogP contribution in [0.4, 0.5) is 0 Å². The third-order valence-electron chi connectivity index (χ3n) is 3.45. The molecular formula is C20H34O2Si. The molecule has 0 spiro atoms. The lowest BCUT2D eigenvalue weighted by molar-refractivity contribution is 0.358. The molecule has 1 rings (SSSR count). The van der Waals surface area contributed by atoms with E-state index in [9.17, 15) is 0 Å². The predicted octanol–water partition coefficient (Wildman–Crippen LogP) is 6.06. The molecule has 130 valence electrons. The van der Waals surface area contributed by atoms with Crippen molar-refractivity contribution in [2.24, 2.45) is 0 Å². The Labute approximate surface area is 144 Å². The summed E-state index contributed by atoms with van der Waals surface area (Å²) in [6, 6.07) is 4.27. The third-order valence-corrected chi connectivity index (χ3v) is 4.27. The maximum absolute atomic E-state index is 6.54. The van der Waals surface area contributed by atoms with Gasteiger partial charge < -0.3 is 9.16 Å². The van der Waals surface area contributed by atoms with Crippen molar-refractivity contribution in [2.45, 2.75) is 72.0 Å². The van der Waals surface area contributed by atoms with Crippen LogP contribution >= 0.6 is 0 Å². The third kappa shape index (κ3) is 5.72. The van der Waals surface area contributed by atoms with E-state index >= 15 is 0 Å². The molecule has 0 N–H and O–H groups in total. The van der Waals surface area contributed by atoms with Gasteiger partial charge in [-0.2, -0.15) is 0 Å². The van der Waals surface area contributed by atoms with Gasteiger partial charge in [0.05, 0.1) is 0 Å². The summed E-state index contributed by atoms with van der Waals surface area (Å²) in [5, 5.41) is 0. The first kappa shape index (κ1) is 19.8. The molecule has 1 aromatic rings. The van der Waals surface area contributed by atoms with Gasteiger partial charge in [0.25, 0.3) is 0 Å². The molecule has 0 bridgehead atoms. The minimum atomic E-state index is -1.72. The highest BCUT2D eigenvalue weighted by molar-refractivity contribution is 6.70. The smallest absolute Gasteiger partial charge is 0.242 e. The second kappa shape index (κ2) is 6.72.